The summed E-state index contributed by atoms with van der Waals surface area (Å²) in [5.41, 5.74) is 2.87. The molecule has 0 aliphatic carbocycles. The number of allylic oxidation sites excluding steroid dienone is 2. The summed E-state index contributed by atoms with van der Waals surface area (Å²) in [6.07, 6.45) is 7.70. The van der Waals surface area contributed by atoms with Crippen LogP contribution in [0, 0.1) is 0 Å². The van der Waals surface area contributed by atoms with Gasteiger partial charge in [0.15, 0.2) is 11.5 Å². The van der Waals surface area contributed by atoms with Crippen molar-refractivity contribution >= 4 is 23.2 Å². The lowest BCUT2D eigenvalue weighted by molar-refractivity contribution is -0.110. The molecule has 2 aromatic rings. The van der Waals surface area contributed by atoms with Crippen molar-refractivity contribution in [2.45, 2.75) is 0 Å². The molecule has 0 saturated carbocycles. The summed E-state index contributed by atoms with van der Waals surface area (Å²) >= 11 is 0. The van der Waals surface area contributed by atoms with Crippen molar-refractivity contribution < 1.29 is 19.4 Å². The number of carbonyl (C=O) groups is 1. The van der Waals surface area contributed by atoms with Crippen molar-refractivity contribution in [2.75, 3.05) is 12.4 Å². The van der Waals surface area contributed by atoms with E-state index in [-0.39, 0.29) is 17.4 Å². The number of hydrogen-bond donors (Lipinski definition) is 3. The van der Waals surface area contributed by atoms with E-state index in [4.69, 9.17) is 9.47 Å². The average Bonchev–Trinajstić information content (AvgIpc) is 3.24. The third-order valence-corrected chi connectivity index (χ3v) is 3.75. The van der Waals surface area contributed by atoms with E-state index >= 15 is 0 Å². The summed E-state index contributed by atoms with van der Waals surface area (Å²) in [6, 6.07) is 9.00. The maximum Gasteiger partial charge on any atom is 0.256 e. The van der Waals surface area contributed by atoms with Gasteiger partial charge in [-0.25, -0.2) is 0 Å². The Balaban J connectivity index is 1.84. The van der Waals surface area contributed by atoms with Crippen molar-refractivity contribution in [1.82, 2.24) is 4.98 Å². The largest absolute Gasteiger partial charge is 0.504 e. The molecule has 0 spiro atoms. The maximum absolute atomic E-state index is 12.2. The Kier molecular flexibility index (Phi) is 4.94. The maximum atomic E-state index is 12.2. The standard InChI is InChI=1S/C20H18N2O4/c1-3-5-18(23)19(25-2)12-26-14-7-8-15-16(10-13-6-4-9-21-13)20(24)22-17(15)11-14/h3-12,21,23H,1H2,2H3,(H,22,24)/b16-10-,18-5+,19-12+. The third kappa shape index (κ3) is 3.54. The summed E-state index contributed by atoms with van der Waals surface area (Å²) in [5.74, 6) is 0.368. The highest BCUT2D eigenvalue weighted by molar-refractivity contribution is 6.34. The fraction of sp³-hybridized carbons (Fsp3) is 0.0500. The van der Waals surface area contributed by atoms with Gasteiger partial charge in [-0.2, -0.15) is 0 Å². The molecule has 1 amide bonds. The fourth-order valence-corrected chi connectivity index (χ4v) is 2.51. The molecule has 6 heteroatoms. The van der Waals surface area contributed by atoms with E-state index in [1.54, 1.807) is 30.5 Å². The minimum Gasteiger partial charge on any atom is -0.504 e. The Hall–Kier alpha value is -3.67. The smallest absolute Gasteiger partial charge is 0.256 e. The van der Waals surface area contributed by atoms with Crippen LogP contribution in [0.4, 0.5) is 5.69 Å². The van der Waals surface area contributed by atoms with Crippen LogP contribution >= 0.6 is 0 Å². The highest BCUT2D eigenvalue weighted by Crippen LogP contribution is 2.35. The quantitative estimate of drug-likeness (QED) is 0.418. The first-order valence-electron chi connectivity index (χ1n) is 7.86. The van der Waals surface area contributed by atoms with Crippen LogP contribution in [0.3, 0.4) is 0 Å². The minimum absolute atomic E-state index is 0.104. The lowest BCUT2D eigenvalue weighted by Crippen LogP contribution is -2.03. The lowest BCUT2D eigenvalue weighted by atomic mass is 10.1. The highest BCUT2D eigenvalue weighted by atomic mass is 16.5. The van der Waals surface area contributed by atoms with E-state index in [1.165, 1.54) is 25.5 Å². The van der Waals surface area contributed by atoms with Gasteiger partial charge in [0.25, 0.3) is 5.91 Å². The molecule has 1 aliphatic heterocycles. The summed E-state index contributed by atoms with van der Waals surface area (Å²) in [4.78, 5) is 15.3. The van der Waals surface area contributed by atoms with Gasteiger partial charge in [-0.3, -0.25) is 4.79 Å². The van der Waals surface area contributed by atoms with Crippen LogP contribution in [0.25, 0.3) is 11.6 Å². The van der Waals surface area contributed by atoms with Crippen molar-refractivity contribution in [3.8, 4) is 5.75 Å². The Labute approximate surface area is 150 Å². The number of benzene rings is 1. The Bertz CT molecular complexity index is 921. The zero-order valence-electron chi connectivity index (χ0n) is 14.2. The second-order valence-corrected chi connectivity index (χ2v) is 5.44. The number of methoxy groups -OCH3 is 1. The predicted octanol–water partition coefficient (Wildman–Crippen LogP) is 4.00. The number of rotatable bonds is 6. The highest BCUT2D eigenvalue weighted by Gasteiger charge is 2.24. The first-order valence-corrected chi connectivity index (χ1v) is 7.86. The van der Waals surface area contributed by atoms with Crippen LogP contribution in [0.1, 0.15) is 11.3 Å². The monoisotopic (exact) mass is 350 g/mol. The average molecular weight is 350 g/mol. The molecule has 0 bridgehead atoms. The topological polar surface area (TPSA) is 83.6 Å². The molecular formula is C20H18N2O4. The first kappa shape index (κ1) is 17.2. The summed E-state index contributed by atoms with van der Waals surface area (Å²) in [7, 11) is 1.42. The Morgan fingerprint density at radius 1 is 1.31 bits per heavy atom. The number of aliphatic hydroxyl groups excluding tert-OH is 1. The second kappa shape index (κ2) is 7.48. The molecule has 1 aliphatic rings. The molecule has 6 nitrogen and oxygen atoms in total. The number of anilines is 1. The molecular weight excluding hydrogens is 332 g/mol. The number of H-pyrrole nitrogens is 1. The van der Waals surface area contributed by atoms with Crippen molar-refractivity contribution in [3.05, 3.63) is 84.3 Å². The molecule has 1 aromatic carbocycles. The molecule has 0 unspecified atom stereocenters. The molecule has 0 atom stereocenters. The number of ether oxygens (including phenoxy) is 2. The zero-order chi connectivity index (χ0) is 18.5. The number of fused-ring (bicyclic) bond motifs is 1. The van der Waals surface area contributed by atoms with Gasteiger partial charge >= 0.3 is 0 Å². The van der Waals surface area contributed by atoms with E-state index in [2.05, 4.69) is 16.9 Å². The first-order chi connectivity index (χ1) is 12.6. The number of aromatic amines is 1. The van der Waals surface area contributed by atoms with E-state index in [0.29, 0.717) is 17.0 Å². The molecule has 3 rings (SSSR count). The van der Waals surface area contributed by atoms with E-state index in [9.17, 15) is 9.90 Å². The van der Waals surface area contributed by atoms with E-state index in [0.717, 1.165) is 11.3 Å². The van der Waals surface area contributed by atoms with Crippen LogP contribution in [0.2, 0.25) is 0 Å². The van der Waals surface area contributed by atoms with Gasteiger partial charge in [-0.15, -0.1) is 0 Å². The minimum atomic E-state index is -0.175. The van der Waals surface area contributed by atoms with Crippen LogP contribution < -0.4 is 10.1 Å². The SMILES string of the molecule is C=C/C=C(O)\C(=C/Oc1ccc2c(c1)NC(=O)/C2=C\c1ccc[nH]1)OC. The number of hydrogen-bond acceptors (Lipinski definition) is 4. The fourth-order valence-electron chi connectivity index (χ4n) is 2.51. The summed E-state index contributed by atoms with van der Waals surface area (Å²) < 4.78 is 10.6. The molecule has 26 heavy (non-hydrogen) atoms. The zero-order valence-corrected chi connectivity index (χ0v) is 14.2. The molecule has 1 aromatic heterocycles. The third-order valence-electron chi connectivity index (χ3n) is 3.75. The van der Waals surface area contributed by atoms with Gasteiger partial charge in [0.1, 0.15) is 12.0 Å². The molecule has 3 N–H and O–H groups in total. The Morgan fingerprint density at radius 2 is 2.15 bits per heavy atom. The van der Waals surface area contributed by atoms with E-state index < -0.39 is 0 Å². The van der Waals surface area contributed by atoms with Gasteiger partial charge in [-0.1, -0.05) is 12.7 Å². The number of nitrogens with one attached hydrogen (secondary N) is 2. The summed E-state index contributed by atoms with van der Waals surface area (Å²) in [5, 5.41) is 12.6. The number of aromatic nitrogens is 1. The van der Waals surface area contributed by atoms with Crippen molar-refractivity contribution in [1.29, 1.82) is 0 Å². The second-order valence-electron chi connectivity index (χ2n) is 5.44. The Morgan fingerprint density at radius 3 is 2.85 bits per heavy atom. The molecule has 0 saturated heterocycles. The van der Waals surface area contributed by atoms with E-state index in [1.807, 2.05) is 12.1 Å². The number of aliphatic hydroxyl groups is 1. The molecule has 132 valence electrons. The lowest BCUT2D eigenvalue weighted by Gasteiger charge is -2.07. The van der Waals surface area contributed by atoms with Crippen molar-refractivity contribution in [2.24, 2.45) is 0 Å². The number of amides is 1. The normalized spacial score (nSPS) is 15.6. The molecule has 0 radical (unpaired) electrons. The molecule has 2 heterocycles. The van der Waals surface area contributed by atoms with Crippen LogP contribution in [0.5, 0.6) is 5.75 Å². The summed E-state index contributed by atoms with van der Waals surface area (Å²) in [6.45, 7) is 3.51. The van der Waals surface area contributed by atoms with Gasteiger partial charge in [0, 0.05) is 23.5 Å². The predicted molar refractivity (Wildman–Crippen MR) is 100 cm³/mol. The van der Waals surface area contributed by atoms with Gasteiger partial charge in [0.2, 0.25) is 0 Å². The van der Waals surface area contributed by atoms with Gasteiger partial charge in [0.05, 0.1) is 18.4 Å². The van der Waals surface area contributed by atoms with Crippen LogP contribution in [-0.2, 0) is 9.53 Å². The van der Waals surface area contributed by atoms with Crippen molar-refractivity contribution in [3.63, 3.8) is 0 Å². The molecule has 0 fully saturated rings. The van der Waals surface area contributed by atoms with Crippen LogP contribution in [-0.4, -0.2) is 23.1 Å². The number of carbonyl (C=O) groups excluding carboxylic acids is 1. The van der Waals surface area contributed by atoms with Gasteiger partial charge in [-0.05, 0) is 36.4 Å². The van der Waals surface area contributed by atoms with Crippen LogP contribution in [0.15, 0.2) is 73.0 Å². The van der Waals surface area contributed by atoms with Gasteiger partial charge < -0.3 is 24.9 Å².